The summed E-state index contributed by atoms with van der Waals surface area (Å²) in [5.41, 5.74) is 0. The fourth-order valence-corrected chi connectivity index (χ4v) is 3.41. The Labute approximate surface area is 117 Å². The van der Waals surface area contributed by atoms with Crippen LogP contribution in [0.2, 0.25) is 18.1 Å². The van der Waals surface area contributed by atoms with E-state index in [1.165, 1.54) is 13.8 Å². The van der Waals surface area contributed by atoms with E-state index in [1.807, 2.05) is 6.08 Å². The Morgan fingerprint density at radius 2 is 1.53 bits per heavy atom. The van der Waals surface area contributed by atoms with Crippen LogP contribution in [0.3, 0.4) is 0 Å². The number of hydrogen-bond donors (Lipinski definition) is 0. The molecule has 0 aliphatic heterocycles. The predicted molar refractivity (Wildman–Crippen MR) is 78.5 cm³/mol. The molecule has 0 bridgehead atoms. The summed E-state index contributed by atoms with van der Waals surface area (Å²) in [6.07, 6.45) is 1.89. The van der Waals surface area contributed by atoms with Crippen molar-refractivity contribution in [3.8, 4) is 0 Å². The van der Waals surface area contributed by atoms with Gasteiger partial charge >= 0.3 is 11.9 Å². The van der Waals surface area contributed by atoms with Crippen molar-refractivity contribution in [2.24, 2.45) is 0 Å². The van der Waals surface area contributed by atoms with Crippen LogP contribution in [0.5, 0.6) is 0 Å². The molecule has 0 N–H and O–H groups in total. The van der Waals surface area contributed by atoms with Gasteiger partial charge in [-0.3, -0.25) is 9.59 Å². The highest BCUT2D eigenvalue weighted by Crippen LogP contribution is 2.40. The molecule has 0 aliphatic carbocycles. The highest BCUT2D eigenvalue weighted by Gasteiger charge is 2.38. The van der Waals surface area contributed by atoms with Gasteiger partial charge in [-0.05, 0) is 16.3 Å². The average molecular weight is 286 g/mol. The molecule has 0 aromatic carbocycles. The zero-order valence-electron chi connectivity index (χ0n) is 13.1. The van der Waals surface area contributed by atoms with Crippen molar-refractivity contribution in [2.45, 2.75) is 52.8 Å². The average Bonchev–Trinajstić information content (AvgIpc) is 2.20. The maximum Gasteiger partial charge on any atom is 0.302 e. The van der Waals surface area contributed by atoms with Crippen LogP contribution in [0.4, 0.5) is 0 Å². The number of carbonyl (C=O) groups excluding carboxylic acids is 2. The van der Waals surface area contributed by atoms with Gasteiger partial charge in [0.1, 0.15) is 13.2 Å². The second-order valence-electron chi connectivity index (χ2n) is 6.19. The van der Waals surface area contributed by atoms with Gasteiger partial charge < -0.3 is 9.47 Å². The minimum absolute atomic E-state index is 0.134. The standard InChI is InChI=1S/C14H26O4Si/c1-11(15)17-9-8-13(10-18-12(2)16)19(6,7)14(3,4)5/h8H,9-10H2,1-7H3/b13-8-. The van der Waals surface area contributed by atoms with Gasteiger partial charge in [0.2, 0.25) is 0 Å². The fraction of sp³-hybridized carbons (Fsp3) is 0.714. The molecular weight excluding hydrogens is 260 g/mol. The maximum absolute atomic E-state index is 11.0. The highest BCUT2D eigenvalue weighted by atomic mass is 28.3. The fourth-order valence-electron chi connectivity index (χ4n) is 1.42. The minimum atomic E-state index is -1.78. The summed E-state index contributed by atoms with van der Waals surface area (Å²) in [4.78, 5) is 21.8. The molecule has 0 rings (SSSR count). The van der Waals surface area contributed by atoms with Crippen LogP contribution < -0.4 is 0 Å². The van der Waals surface area contributed by atoms with E-state index in [2.05, 4.69) is 33.9 Å². The summed E-state index contributed by atoms with van der Waals surface area (Å²) in [7, 11) is -1.78. The van der Waals surface area contributed by atoms with Crippen molar-refractivity contribution in [2.75, 3.05) is 13.2 Å². The van der Waals surface area contributed by atoms with Gasteiger partial charge in [0.15, 0.2) is 0 Å². The molecule has 5 heteroatoms. The normalized spacial score (nSPS) is 13.1. The summed E-state index contributed by atoms with van der Waals surface area (Å²) >= 11 is 0. The summed E-state index contributed by atoms with van der Waals surface area (Å²) in [5, 5.41) is 1.23. The van der Waals surface area contributed by atoms with Crippen molar-refractivity contribution in [3.05, 3.63) is 11.3 Å². The molecule has 4 nitrogen and oxygen atoms in total. The van der Waals surface area contributed by atoms with Gasteiger partial charge in [0, 0.05) is 13.8 Å². The van der Waals surface area contributed by atoms with Crippen molar-refractivity contribution in [1.29, 1.82) is 0 Å². The second kappa shape index (κ2) is 6.89. The van der Waals surface area contributed by atoms with Gasteiger partial charge in [-0.25, -0.2) is 0 Å². The maximum atomic E-state index is 11.0. The molecule has 110 valence electrons. The molecule has 0 aliphatic rings. The van der Waals surface area contributed by atoms with E-state index in [4.69, 9.17) is 9.47 Å². The Hall–Kier alpha value is -1.10. The van der Waals surface area contributed by atoms with Crippen LogP contribution in [0.25, 0.3) is 0 Å². The lowest BCUT2D eigenvalue weighted by atomic mass is 10.2. The van der Waals surface area contributed by atoms with Gasteiger partial charge in [0.05, 0.1) is 8.07 Å². The van der Waals surface area contributed by atoms with Crippen LogP contribution in [0, 0.1) is 0 Å². The van der Waals surface area contributed by atoms with Crippen LogP contribution >= 0.6 is 0 Å². The number of esters is 2. The Balaban J connectivity index is 5.04. The molecule has 19 heavy (non-hydrogen) atoms. The molecule has 0 amide bonds. The highest BCUT2D eigenvalue weighted by molar-refractivity contribution is 6.86. The van der Waals surface area contributed by atoms with Gasteiger partial charge in [-0.15, -0.1) is 0 Å². The first-order valence-corrected chi connectivity index (χ1v) is 9.44. The number of hydrogen-bond acceptors (Lipinski definition) is 4. The number of ether oxygens (including phenoxy) is 2. The van der Waals surface area contributed by atoms with Gasteiger partial charge in [-0.2, -0.15) is 0 Å². The Morgan fingerprint density at radius 1 is 1.05 bits per heavy atom. The van der Waals surface area contributed by atoms with Crippen LogP contribution in [0.15, 0.2) is 11.3 Å². The summed E-state index contributed by atoms with van der Waals surface area (Å²) in [6, 6.07) is 0. The Bertz CT molecular complexity index is 364. The van der Waals surface area contributed by atoms with Crippen LogP contribution in [-0.4, -0.2) is 33.2 Å². The quantitative estimate of drug-likeness (QED) is 0.575. The minimum Gasteiger partial charge on any atom is -0.462 e. The molecule has 0 saturated heterocycles. The van der Waals surface area contributed by atoms with E-state index in [0.29, 0.717) is 0 Å². The first-order chi connectivity index (χ1) is 8.48. The van der Waals surface area contributed by atoms with Crippen molar-refractivity contribution < 1.29 is 19.1 Å². The van der Waals surface area contributed by atoms with Gasteiger partial charge in [-0.1, -0.05) is 33.9 Å². The van der Waals surface area contributed by atoms with Crippen molar-refractivity contribution in [1.82, 2.24) is 0 Å². The van der Waals surface area contributed by atoms with Crippen LogP contribution in [-0.2, 0) is 19.1 Å². The van der Waals surface area contributed by atoms with Gasteiger partial charge in [0.25, 0.3) is 0 Å². The number of carbonyl (C=O) groups is 2. The van der Waals surface area contributed by atoms with E-state index >= 15 is 0 Å². The SMILES string of the molecule is CC(=O)OC/C=C(/COC(C)=O)[Si](C)(C)C(C)(C)C. The Morgan fingerprint density at radius 3 is 1.89 bits per heavy atom. The van der Waals surface area contributed by atoms with E-state index in [1.54, 1.807) is 0 Å². The molecule has 0 fully saturated rings. The van der Waals surface area contributed by atoms with E-state index in [9.17, 15) is 9.59 Å². The molecule has 0 heterocycles. The van der Waals surface area contributed by atoms with E-state index < -0.39 is 8.07 Å². The summed E-state index contributed by atoms with van der Waals surface area (Å²) < 4.78 is 10.1. The topological polar surface area (TPSA) is 52.6 Å². The lowest BCUT2D eigenvalue weighted by Crippen LogP contribution is -2.41. The summed E-state index contributed by atoms with van der Waals surface area (Å²) in [6.45, 7) is 14.3. The smallest absolute Gasteiger partial charge is 0.302 e. The van der Waals surface area contributed by atoms with Crippen LogP contribution in [0.1, 0.15) is 34.6 Å². The molecule has 0 atom stereocenters. The zero-order valence-corrected chi connectivity index (χ0v) is 14.1. The lowest BCUT2D eigenvalue weighted by Gasteiger charge is -2.39. The van der Waals surface area contributed by atoms with Crippen molar-refractivity contribution in [3.63, 3.8) is 0 Å². The van der Waals surface area contributed by atoms with Crippen molar-refractivity contribution >= 4 is 20.0 Å². The monoisotopic (exact) mass is 286 g/mol. The molecule has 0 aromatic rings. The molecule has 0 aromatic heterocycles. The molecule has 0 saturated carbocycles. The molecule has 0 unspecified atom stereocenters. The van der Waals surface area contributed by atoms with E-state index in [0.717, 1.165) is 5.20 Å². The van der Waals surface area contributed by atoms with E-state index in [-0.39, 0.29) is 30.2 Å². The molecule has 0 spiro atoms. The third-order valence-corrected chi connectivity index (χ3v) is 9.43. The summed E-state index contributed by atoms with van der Waals surface area (Å²) in [5.74, 6) is -0.601. The first kappa shape index (κ1) is 17.9. The third kappa shape index (κ3) is 6.05. The first-order valence-electron chi connectivity index (χ1n) is 6.44. The number of rotatable bonds is 5. The zero-order chi connectivity index (χ0) is 15.3. The largest absolute Gasteiger partial charge is 0.462 e. The second-order valence-corrected chi connectivity index (χ2v) is 11.6. The Kier molecular flexibility index (Phi) is 6.49. The molecule has 0 radical (unpaired) electrons. The third-order valence-electron chi connectivity index (χ3n) is 3.73. The molecular formula is C14H26O4Si. The lowest BCUT2D eigenvalue weighted by molar-refractivity contribution is -0.141. The predicted octanol–water partition coefficient (Wildman–Crippen LogP) is 3.09.